The van der Waals surface area contributed by atoms with E-state index < -0.39 is 5.92 Å². The molecule has 2 aliphatic heterocycles. The Morgan fingerprint density at radius 3 is 2.94 bits per heavy atom. The summed E-state index contributed by atoms with van der Waals surface area (Å²) in [5, 5.41) is 8.25. The molecular weight excluding hydrogens is 430 g/mol. The molecule has 4 nitrogen and oxygen atoms in total. The number of H-pyrrole nitrogens is 1. The van der Waals surface area contributed by atoms with Crippen LogP contribution in [0.3, 0.4) is 0 Å². The highest BCUT2D eigenvalue weighted by molar-refractivity contribution is 5.82. The van der Waals surface area contributed by atoms with Gasteiger partial charge in [0.1, 0.15) is 0 Å². The number of likely N-dealkylation sites (tertiary alicyclic amines) is 1. The maximum atomic E-state index is 13.1. The van der Waals surface area contributed by atoms with Crippen molar-refractivity contribution in [2.24, 2.45) is 4.99 Å². The van der Waals surface area contributed by atoms with E-state index in [1.165, 1.54) is 0 Å². The number of fused-ring (bicyclic) bond motifs is 2. The maximum Gasteiger partial charge on any atom is 0.272 e. The lowest BCUT2D eigenvalue weighted by Crippen LogP contribution is -2.56. The van der Waals surface area contributed by atoms with Crippen molar-refractivity contribution < 1.29 is 8.78 Å². The minimum Gasteiger partial charge on any atom is -0.291 e. The summed E-state index contributed by atoms with van der Waals surface area (Å²) in [6.07, 6.45) is 12.5. The molecule has 0 radical (unpaired) electrons. The highest BCUT2D eigenvalue weighted by Crippen LogP contribution is 2.38. The molecule has 1 saturated heterocycles. The van der Waals surface area contributed by atoms with Gasteiger partial charge in [-0.15, -0.1) is 5.73 Å². The van der Waals surface area contributed by atoms with Crippen LogP contribution in [0.4, 0.5) is 14.5 Å². The third kappa shape index (κ3) is 4.00. The van der Waals surface area contributed by atoms with E-state index in [1.807, 2.05) is 36.6 Å². The second-order valence-corrected chi connectivity index (χ2v) is 9.01. The van der Waals surface area contributed by atoms with E-state index in [-0.39, 0.29) is 19.0 Å². The second-order valence-electron chi connectivity index (χ2n) is 9.01. The number of allylic oxidation sites excluding steroid dienone is 5. The Morgan fingerprint density at radius 1 is 1.15 bits per heavy atom. The minimum absolute atomic E-state index is 0.0386. The monoisotopic (exact) mass is 452 g/mol. The standard InChI is InChI=1S/C28H22F2N4/c29-28(30)17-34(18-28)12-10-19-3-1-2-4-20(13-19)21-7-8-26-25(14-21)24(9-11-31-26)22-5-6-23-16-32-33-27(23)15-22/h2-9,13-16,24H,10,12,17-18H2,(H,32,33). The number of hydrogen-bond acceptors (Lipinski definition) is 3. The van der Waals surface area contributed by atoms with Gasteiger partial charge >= 0.3 is 0 Å². The van der Waals surface area contributed by atoms with Crippen LogP contribution in [0, 0.1) is 0 Å². The zero-order chi connectivity index (χ0) is 23.1. The van der Waals surface area contributed by atoms with E-state index in [0.717, 1.165) is 44.4 Å². The minimum atomic E-state index is -2.53. The first kappa shape index (κ1) is 20.8. The molecule has 0 spiro atoms. The molecule has 3 aromatic rings. The van der Waals surface area contributed by atoms with Crippen LogP contribution in [0.15, 0.2) is 89.3 Å². The van der Waals surface area contributed by atoms with Gasteiger partial charge in [0.25, 0.3) is 5.92 Å². The summed E-state index contributed by atoms with van der Waals surface area (Å²) in [5.41, 5.74) is 10.6. The normalized spacial score (nSPS) is 20.6. The van der Waals surface area contributed by atoms with Gasteiger partial charge in [-0.05, 0) is 82.6 Å². The van der Waals surface area contributed by atoms with Crippen molar-refractivity contribution in [3.05, 3.63) is 101 Å². The van der Waals surface area contributed by atoms with E-state index in [9.17, 15) is 8.78 Å². The third-order valence-electron chi connectivity index (χ3n) is 6.54. The zero-order valence-corrected chi connectivity index (χ0v) is 18.4. The summed E-state index contributed by atoms with van der Waals surface area (Å²) in [6, 6.07) is 12.6. The average Bonchev–Trinajstić information content (AvgIpc) is 3.17. The van der Waals surface area contributed by atoms with Crippen molar-refractivity contribution in [1.29, 1.82) is 0 Å². The van der Waals surface area contributed by atoms with Crippen LogP contribution in [0.2, 0.25) is 0 Å². The molecule has 1 fully saturated rings. The predicted octanol–water partition coefficient (Wildman–Crippen LogP) is 5.94. The Bertz CT molecular complexity index is 1470. The summed E-state index contributed by atoms with van der Waals surface area (Å²) in [5.74, 6) is 0.568. The molecule has 1 atom stereocenters. The number of aromatic amines is 1. The fourth-order valence-corrected chi connectivity index (χ4v) is 4.74. The first-order valence-electron chi connectivity index (χ1n) is 11.3. The van der Waals surface area contributed by atoms with Crippen molar-refractivity contribution in [2.45, 2.75) is 18.3 Å². The van der Waals surface area contributed by atoms with E-state index in [1.54, 1.807) is 4.90 Å². The van der Waals surface area contributed by atoms with Crippen LogP contribution in [0.5, 0.6) is 0 Å². The molecule has 0 saturated carbocycles. The third-order valence-corrected chi connectivity index (χ3v) is 6.54. The first-order chi connectivity index (χ1) is 16.5. The van der Waals surface area contributed by atoms with Gasteiger partial charge in [-0.1, -0.05) is 24.3 Å². The largest absolute Gasteiger partial charge is 0.291 e. The SMILES string of the molecule is FC1(F)CN(CCC2=CC(c3ccc4c(c3)C(c3ccc5cn[nH]c5c3)C=C=N4)=CC=C=C2)C1. The van der Waals surface area contributed by atoms with Gasteiger partial charge in [0.2, 0.25) is 0 Å². The summed E-state index contributed by atoms with van der Waals surface area (Å²) in [7, 11) is 0. The molecule has 34 heavy (non-hydrogen) atoms. The zero-order valence-electron chi connectivity index (χ0n) is 18.4. The fraction of sp³-hybridized carbons (Fsp3) is 0.214. The molecule has 1 N–H and O–H groups in total. The average molecular weight is 453 g/mol. The first-order valence-corrected chi connectivity index (χ1v) is 11.3. The Balaban J connectivity index is 1.28. The number of benzene rings is 2. The number of aliphatic imine (C=N–C) groups is 1. The number of nitrogens with zero attached hydrogens (tertiary/aromatic N) is 3. The van der Waals surface area contributed by atoms with Gasteiger partial charge in [0.15, 0.2) is 0 Å². The molecule has 1 aliphatic carbocycles. The van der Waals surface area contributed by atoms with Gasteiger partial charge in [-0.2, -0.15) is 5.10 Å². The topological polar surface area (TPSA) is 44.3 Å². The Hall–Kier alpha value is -3.82. The van der Waals surface area contributed by atoms with Crippen LogP contribution in [-0.4, -0.2) is 46.5 Å². The lowest BCUT2D eigenvalue weighted by molar-refractivity contribution is -0.129. The van der Waals surface area contributed by atoms with Gasteiger partial charge in [-0.25, -0.2) is 13.8 Å². The van der Waals surface area contributed by atoms with Crippen LogP contribution in [0.25, 0.3) is 16.5 Å². The number of halogens is 2. The van der Waals surface area contributed by atoms with Crippen molar-refractivity contribution in [3.8, 4) is 0 Å². The van der Waals surface area contributed by atoms with E-state index in [0.29, 0.717) is 13.0 Å². The maximum absolute atomic E-state index is 13.1. The van der Waals surface area contributed by atoms with Crippen molar-refractivity contribution in [3.63, 3.8) is 0 Å². The number of aromatic nitrogens is 2. The van der Waals surface area contributed by atoms with Crippen LogP contribution in [0.1, 0.15) is 29.0 Å². The summed E-state index contributed by atoms with van der Waals surface area (Å²) >= 11 is 0. The van der Waals surface area contributed by atoms with E-state index in [2.05, 4.69) is 63.2 Å². The molecule has 1 unspecified atom stereocenters. The second kappa shape index (κ2) is 8.19. The summed E-state index contributed by atoms with van der Waals surface area (Å²) < 4.78 is 26.3. The van der Waals surface area contributed by atoms with Gasteiger partial charge < -0.3 is 0 Å². The summed E-state index contributed by atoms with van der Waals surface area (Å²) in [6.45, 7) is 0.328. The van der Waals surface area contributed by atoms with Crippen LogP contribution >= 0.6 is 0 Å². The Morgan fingerprint density at radius 2 is 2.06 bits per heavy atom. The molecule has 6 heteroatoms. The van der Waals surface area contributed by atoms with Crippen LogP contribution in [-0.2, 0) is 0 Å². The molecule has 6 rings (SSSR count). The fourth-order valence-electron chi connectivity index (χ4n) is 4.74. The van der Waals surface area contributed by atoms with Gasteiger partial charge in [0, 0.05) is 17.8 Å². The molecule has 1 aromatic heterocycles. The van der Waals surface area contributed by atoms with E-state index >= 15 is 0 Å². The van der Waals surface area contributed by atoms with Crippen molar-refractivity contribution >= 4 is 28.0 Å². The smallest absolute Gasteiger partial charge is 0.272 e. The van der Waals surface area contributed by atoms with Crippen LogP contribution < -0.4 is 0 Å². The van der Waals surface area contributed by atoms with Gasteiger partial charge in [0.05, 0.1) is 30.5 Å². The molecule has 0 bridgehead atoms. The highest BCUT2D eigenvalue weighted by Gasteiger charge is 2.43. The lowest BCUT2D eigenvalue weighted by Gasteiger charge is -2.38. The van der Waals surface area contributed by atoms with Crippen molar-refractivity contribution in [1.82, 2.24) is 15.1 Å². The molecule has 3 aliphatic rings. The van der Waals surface area contributed by atoms with E-state index in [4.69, 9.17) is 0 Å². The molecule has 0 amide bonds. The lowest BCUT2D eigenvalue weighted by atomic mass is 9.86. The molecule has 3 heterocycles. The molecular formula is C28H22F2N4. The highest BCUT2D eigenvalue weighted by atomic mass is 19.3. The number of alkyl halides is 2. The molecule has 2 aromatic carbocycles. The summed E-state index contributed by atoms with van der Waals surface area (Å²) in [4.78, 5) is 6.25. The Labute approximate surface area is 196 Å². The quantitative estimate of drug-likeness (QED) is 0.487. The number of rotatable bonds is 5. The molecule has 168 valence electrons. The number of nitrogens with one attached hydrogen (secondary N) is 1. The predicted molar refractivity (Wildman–Crippen MR) is 131 cm³/mol. The van der Waals surface area contributed by atoms with Crippen molar-refractivity contribution in [2.75, 3.05) is 19.6 Å². The number of hydrogen-bond donors (Lipinski definition) is 1. The van der Waals surface area contributed by atoms with Gasteiger partial charge in [-0.3, -0.25) is 10.00 Å². The Kier molecular flexibility index (Phi) is 5.00.